The van der Waals surface area contributed by atoms with Crippen molar-refractivity contribution in [3.63, 3.8) is 0 Å². The quantitative estimate of drug-likeness (QED) is 0.159. The maximum Gasteiger partial charge on any atom is 0.410 e. The van der Waals surface area contributed by atoms with E-state index < -0.39 is 17.5 Å². The van der Waals surface area contributed by atoms with Crippen LogP contribution in [0.4, 0.5) is 9.18 Å². The van der Waals surface area contributed by atoms with Crippen molar-refractivity contribution in [2.24, 2.45) is 0 Å². The van der Waals surface area contributed by atoms with Crippen molar-refractivity contribution < 1.29 is 23.4 Å². The van der Waals surface area contributed by atoms with Crippen molar-refractivity contribution >= 4 is 38.8 Å². The number of pyridine rings is 1. The summed E-state index contributed by atoms with van der Waals surface area (Å²) in [5.74, 6) is -0.0766. The predicted molar refractivity (Wildman–Crippen MR) is 218 cm³/mol. The molecule has 0 N–H and O–H groups in total. The highest BCUT2D eigenvalue weighted by Crippen LogP contribution is 2.44. The number of amides is 1. The second-order valence-corrected chi connectivity index (χ2v) is 17.5. The fourth-order valence-electron chi connectivity index (χ4n) is 9.46. The molecule has 0 aliphatic carbocycles. The van der Waals surface area contributed by atoms with Gasteiger partial charge in [0.25, 0.3) is 0 Å². The molecule has 6 heterocycles. The van der Waals surface area contributed by atoms with Gasteiger partial charge >= 0.3 is 6.09 Å². The Labute approximate surface area is 333 Å². The Morgan fingerprint density at radius 3 is 2.47 bits per heavy atom. The first-order valence-corrected chi connectivity index (χ1v) is 20.6. The van der Waals surface area contributed by atoms with E-state index in [0.29, 0.717) is 48.2 Å². The Kier molecular flexibility index (Phi) is 10.4. The average Bonchev–Trinajstić information content (AvgIpc) is 3.92. The number of carbonyl (C=O) groups excluding carboxylic acids is 1. The Morgan fingerprint density at radius 2 is 1.77 bits per heavy atom. The molecule has 3 aromatic heterocycles. The van der Waals surface area contributed by atoms with E-state index in [2.05, 4.69) is 37.9 Å². The standard InChI is InChI=1S/C44H55FN8O4/c1-25-21-35-32(23-48-53(35)36-13-9-10-19-55-36)38(27(25)3)37-26(2)20-31-40(39(37)45)49-42(56-28(4)34-12-11-17-50(34)8)33-24-47-52(41(31)33)30-15-18-51(29(22-30)14-16-46)43(54)57-44(5,6)7/h20-21,23-24,28-30,34,36H,9-15,17-19,22H2,1-8H3/t28-,29+,30-,34-,36?/m0/s1. The molecule has 0 saturated carbocycles. The summed E-state index contributed by atoms with van der Waals surface area (Å²) in [7, 11) is 2.11. The third-order valence-electron chi connectivity index (χ3n) is 12.4. The van der Waals surface area contributed by atoms with E-state index in [-0.39, 0.29) is 42.4 Å². The van der Waals surface area contributed by atoms with Crippen LogP contribution in [-0.2, 0) is 9.47 Å². The maximum absolute atomic E-state index is 17.8. The molecule has 2 aromatic carbocycles. The van der Waals surface area contributed by atoms with Crippen molar-refractivity contribution in [3.8, 4) is 23.1 Å². The zero-order valence-corrected chi connectivity index (χ0v) is 34.6. The molecular formula is C44H55FN8O4. The topological polar surface area (TPSA) is 124 Å². The van der Waals surface area contributed by atoms with Gasteiger partial charge in [0, 0.05) is 35.5 Å². The van der Waals surface area contributed by atoms with Crippen molar-refractivity contribution in [3.05, 3.63) is 47.0 Å². The van der Waals surface area contributed by atoms with Gasteiger partial charge in [-0.3, -0.25) is 9.58 Å². The molecule has 0 radical (unpaired) electrons. The first-order valence-electron chi connectivity index (χ1n) is 20.6. The van der Waals surface area contributed by atoms with Crippen LogP contribution in [0.1, 0.15) is 108 Å². The second kappa shape index (κ2) is 15.2. The van der Waals surface area contributed by atoms with Crippen LogP contribution in [0.3, 0.4) is 0 Å². The number of nitrogens with zero attached hydrogens (tertiary/aromatic N) is 8. The molecule has 0 bridgehead atoms. The smallest absolute Gasteiger partial charge is 0.410 e. The van der Waals surface area contributed by atoms with Crippen molar-refractivity contribution in [2.45, 2.75) is 136 Å². The molecule has 3 saturated heterocycles. The summed E-state index contributed by atoms with van der Waals surface area (Å²) >= 11 is 0. The highest BCUT2D eigenvalue weighted by atomic mass is 19.1. The number of aryl methyl sites for hydroxylation is 2. The zero-order chi connectivity index (χ0) is 40.3. The molecule has 0 spiro atoms. The number of likely N-dealkylation sites (tertiary alicyclic amines) is 2. The Balaban J connectivity index is 1.29. The number of piperidine rings is 1. The lowest BCUT2D eigenvalue weighted by atomic mass is 9.89. The first-order chi connectivity index (χ1) is 27.3. The molecule has 12 nitrogen and oxygen atoms in total. The fraction of sp³-hybridized carbons (Fsp3) is 0.568. The van der Waals surface area contributed by atoms with Crippen LogP contribution in [0.2, 0.25) is 0 Å². The van der Waals surface area contributed by atoms with E-state index in [1.165, 1.54) is 0 Å². The minimum absolute atomic E-state index is 0.156. The lowest BCUT2D eigenvalue weighted by Crippen LogP contribution is -2.48. The van der Waals surface area contributed by atoms with Gasteiger partial charge in [0.15, 0.2) is 12.0 Å². The number of hydrogen-bond donors (Lipinski definition) is 0. The fourth-order valence-corrected chi connectivity index (χ4v) is 9.46. The number of likely N-dealkylation sites (N-methyl/N-ethyl adjacent to an activating group) is 1. The summed E-state index contributed by atoms with van der Waals surface area (Å²) < 4.78 is 40.4. The van der Waals surface area contributed by atoms with E-state index in [9.17, 15) is 10.1 Å². The molecule has 8 rings (SSSR count). The monoisotopic (exact) mass is 778 g/mol. The largest absolute Gasteiger partial charge is 0.472 e. The molecular weight excluding hydrogens is 724 g/mol. The third kappa shape index (κ3) is 7.09. The first kappa shape index (κ1) is 39.0. The van der Waals surface area contributed by atoms with E-state index in [1.807, 2.05) is 56.2 Å². The van der Waals surface area contributed by atoms with Gasteiger partial charge in [0.05, 0.1) is 53.4 Å². The summed E-state index contributed by atoms with van der Waals surface area (Å²) in [6.07, 6.45) is 9.14. The minimum atomic E-state index is -0.663. The number of benzene rings is 2. The number of halogens is 1. The number of aromatic nitrogens is 5. The molecule has 3 fully saturated rings. The molecule has 13 heteroatoms. The number of carbonyl (C=O) groups is 1. The molecule has 1 amide bonds. The number of ether oxygens (including phenoxy) is 3. The van der Waals surface area contributed by atoms with Crippen LogP contribution in [0.15, 0.2) is 24.5 Å². The molecule has 57 heavy (non-hydrogen) atoms. The van der Waals surface area contributed by atoms with Crippen molar-refractivity contribution in [2.75, 3.05) is 26.7 Å². The summed E-state index contributed by atoms with van der Waals surface area (Å²) in [6.45, 7) is 15.7. The molecule has 5 atom stereocenters. The molecule has 3 aliphatic rings. The molecule has 302 valence electrons. The van der Waals surface area contributed by atoms with Gasteiger partial charge in [0.2, 0.25) is 5.88 Å². The van der Waals surface area contributed by atoms with Crippen LogP contribution >= 0.6 is 0 Å². The van der Waals surface area contributed by atoms with Gasteiger partial charge in [-0.1, -0.05) is 0 Å². The van der Waals surface area contributed by atoms with Crippen molar-refractivity contribution in [1.82, 2.24) is 34.3 Å². The van der Waals surface area contributed by atoms with Gasteiger partial charge in [-0.25, -0.2) is 18.9 Å². The summed E-state index contributed by atoms with van der Waals surface area (Å²) in [5.41, 5.74) is 5.28. The minimum Gasteiger partial charge on any atom is -0.472 e. The van der Waals surface area contributed by atoms with Gasteiger partial charge < -0.3 is 19.1 Å². The number of rotatable bonds is 7. The highest BCUT2D eigenvalue weighted by molar-refractivity contribution is 6.09. The van der Waals surface area contributed by atoms with Crippen LogP contribution in [0, 0.1) is 37.9 Å². The van der Waals surface area contributed by atoms with Crippen LogP contribution in [0.5, 0.6) is 5.88 Å². The molecule has 5 aromatic rings. The van der Waals surface area contributed by atoms with Gasteiger partial charge in [-0.2, -0.15) is 15.5 Å². The Hall–Kier alpha value is -4.80. The SMILES string of the molecule is Cc1cc2c(cnn2C2CCCCO2)c(-c2c(C)cc3c(nc(O[C@@H](C)[C@@H]4CCCN4C)c4cnn([C@H]5CCN(C(=O)OC(C)(C)C)[C@H](CC#N)C5)c43)c2F)c1C. The van der Waals surface area contributed by atoms with E-state index in [1.54, 1.807) is 11.1 Å². The molecule has 3 aliphatic heterocycles. The van der Waals surface area contributed by atoms with E-state index in [4.69, 9.17) is 29.4 Å². The van der Waals surface area contributed by atoms with Crippen LogP contribution in [-0.4, -0.2) is 91.0 Å². The van der Waals surface area contributed by atoms with Gasteiger partial charge in [-0.05, 0) is 141 Å². The van der Waals surface area contributed by atoms with Crippen molar-refractivity contribution in [1.29, 1.82) is 5.26 Å². The van der Waals surface area contributed by atoms with Gasteiger partial charge in [0.1, 0.15) is 17.2 Å². The summed E-state index contributed by atoms with van der Waals surface area (Å²) in [6, 6.07) is 6.09. The summed E-state index contributed by atoms with van der Waals surface area (Å²) in [5, 5.41) is 21.8. The summed E-state index contributed by atoms with van der Waals surface area (Å²) in [4.78, 5) is 22.3. The molecule has 1 unspecified atom stereocenters. The predicted octanol–water partition coefficient (Wildman–Crippen LogP) is 9.08. The number of fused-ring (bicyclic) bond motifs is 4. The normalized spacial score (nSPS) is 22.7. The van der Waals surface area contributed by atoms with E-state index >= 15 is 4.39 Å². The van der Waals surface area contributed by atoms with Gasteiger partial charge in [-0.15, -0.1) is 0 Å². The Morgan fingerprint density at radius 1 is 1.00 bits per heavy atom. The third-order valence-corrected chi connectivity index (χ3v) is 12.4. The van der Waals surface area contributed by atoms with Crippen LogP contribution < -0.4 is 4.74 Å². The number of hydrogen-bond acceptors (Lipinski definition) is 9. The zero-order valence-electron chi connectivity index (χ0n) is 34.6. The maximum atomic E-state index is 17.8. The average molecular weight is 779 g/mol. The highest BCUT2D eigenvalue weighted by Gasteiger charge is 2.37. The second-order valence-electron chi connectivity index (χ2n) is 17.5. The van der Waals surface area contributed by atoms with Crippen LogP contribution in [0.25, 0.3) is 43.8 Å². The Bertz CT molecular complexity index is 2390. The van der Waals surface area contributed by atoms with E-state index in [0.717, 1.165) is 77.3 Å². The number of nitriles is 1. The lowest BCUT2D eigenvalue weighted by molar-refractivity contribution is -0.0366. The lowest BCUT2D eigenvalue weighted by Gasteiger charge is -2.39.